The van der Waals surface area contributed by atoms with Crippen LogP contribution < -0.4 is 10.6 Å². The molecule has 1 amide bonds. The van der Waals surface area contributed by atoms with Crippen LogP contribution in [-0.2, 0) is 9.59 Å². The number of aromatic nitrogens is 2. The molecular formula is C9H10N4O5. The molecule has 9 nitrogen and oxygen atoms in total. The molecular weight excluding hydrogens is 244 g/mol. The lowest BCUT2D eigenvalue weighted by Crippen LogP contribution is -2.35. The Morgan fingerprint density at radius 2 is 1.67 bits per heavy atom. The normalized spacial score (nSPS) is 9.78. The van der Waals surface area contributed by atoms with Crippen molar-refractivity contribution in [3.63, 3.8) is 0 Å². The van der Waals surface area contributed by atoms with Crippen LogP contribution in [0.15, 0.2) is 12.1 Å². The summed E-state index contributed by atoms with van der Waals surface area (Å²) in [6.45, 7) is -1.09. The molecule has 0 fully saturated rings. The molecule has 0 bridgehead atoms. The number of carbonyl (C=O) groups excluding carboxylic acids is 1. The first-order valence-corrected chi connectivity index (χ1v) is 4.72. The van der Waals surface area contributed by atoms with Gasteiger partial charge in [0.1, 0.15) is 13.1 Å². The zero-order valence-corrected chi connectivity index (χ0v) is 9.11. The Morgan fingerprint density at radius 1 is 1.11 bits per heavy atom. The summed E-state index contributed by atoms with van der Waals surface area (Å²) in [5, 5.41) is 24.3. The Hall–Kier alpha value is -2.71. The Bertz CT molecular complexity index is 456. The highest BCUT2D eigenvalue weighted by molar-refractivity contribution is 5.90. The molecule has 0 spiro atoms. The van der Waals surface area contributed by atoms with Gasteiger partial charge in [0.2, 0.25) is 0 Å². The first-order valence-electron chi connectivity index (χ1n) is 4.72. The number of hydrogen-bond acceptors (Lipinski definition) is 6. The predicted molar refractivity (Wildman–Crippen MR) is 58.0 cm³/mol. The fourth-order valence-corrected chi connectivity index (χ4v) is 1.17. The summed E-state index contributed by atoms with van der Waals surface area (Å²) in [6, 6.07) is 2.51. The number of nitrogens with zero attached hydrogens (tertiary/aromatic N) is 3. The van der Waals surface area contributed by atoms with E-state index in [0.717, 1.165) is 4.90 Å². The molecule has 9 heteroatoms. The molecule has 0 aromatic carbocycles. The Labute approximate surface area is 101 Å². The van der Waals surface area contributed by atoms with Gasteiger partial charge in [-0.05, 0) is 12.1 Å². The van der Waals surface area contributed by atoms with E-state index in [9.17, 15) is 14.4 Å². The summed E-state index contributed by atoms with van der Waals surface area (Å²) in [4.78, 5) is 32.9. The molecule has 0 saturated heterocycles. The third kappa shape index (κ3) is 3.70. The fourth-order valence-electron chi connectivity index (χ4n) is 1.17. The van der Waals surface area contributed by atoms with E-state index in [1.165, 1.54) is 12.1 Å². The molecule has 1 aromatic rings. The van der Waals surface area contributed by atoms with Gasteiger partial charge < -0.3 is 20.8 Å². The minimum atomic E-state index is -1.21. The Kier molecular flexibility index (Phi) is 4.13. The molecule has 0 saturated carbocycles. The zero-order chi connectivity index (χ0) is 13.7. The number of carboxylic acid groups (broad SMARTS) is 2. The Balaban J connectivity index is 2.93. The van der Waals surface area contributed by atoms with E-state index in [4.69, 9.17) is 15.9 Å². The lowest BCUT2D eigenvalue weighted by atomic mass is 10.3. The first kappa shape index (κ1) is 13.4. The molecule has 1 heterocycles. The van der Waals surface area contributed by atoms with Crippen molar-refractivity contribution >= 4 is 23.7 Å². The molecule has 1 rings (SSSR count). The lowest BCUT2D eigenvalue weighted by molar-refractivity contribution is -0.136. The smallest absolute Gasteiger partial charge is 0.323 e. The summed E-state index contributed by atoms with van der Waals surface area (Å²) < 4.78 is 0. The van der Waals surface area contributed by atoms with Crippen LogP contribution in [0, 0.1) is 0 Å². The summed E-state index contributed by atoms with van der Waals surface area (Å²) in [5.41, 5.74) is 4.86. The highest BCUT2D eigenvalue weighted by Gasteiger charge is 2.16. The number of rotatable bonds is 6. The van der Waals surface area contributed by atoms with Crippen molar-refractivity contribution in [2.24, 2.45) is 5.73 Å². The lowest BCUT2D eigenvalue weighted by Gasteiger charge is -2.18. The van der Waals surface area contributed by atoms with E-state index < -0.39 is 30.9 Å². The Morgan fingerprint density at radius 3 is 2.00 bits per heavy atom. The van der Waals surface area contributed by atoms with Gasteiger partial charge in [-0.1, -0.05) is 0 Å². The van der Waals surface area contributed by atoms with Crippen LogP contribution in [0.4, 0.5) is 5.82 Å². The number of aliphatic carboxylic acids is 2. The van der Waals surface area contributed by atoms with E-state index in [0.29, 0.717) is 0 Å². The fraction of sp³-hybridized carbons (Fsp3) is 0.222. The second-order valence-electron chi connectivity index (χ2n) is 3.28. The summed E-state index contributed by atoms with van der Waals surface area (Å²) in [5.74, 6) is -3.17. The van der Waals surface area contributed by atoms with Crippen LogP contribution in [0.3, 0.4) is 0 Å². The molecule has 0 atom stereocenters. The van der Waals surface area contributed by atoms with Crippen molar-refractivity contribution in [3.8, 4) is 0 Å². The average Bonchev–Trinajstić information content (AvgIpc) is 2.27. The standard InChI is InChI=1S/C9H10N4O5/c10-9(18)5-1-2-6(12-11-5)13(3-7(14)15)4-8(16)17/h1-2H,3-4H2,(H2,10,18)(H,14,15)(H,16,17). The molecule has 0 unspecified atom stereocenters. The van der Waals surface area contributed by atoms with Crippen LogP contribution >= 0.6 is 0 Å². The monoisotopic (exact) mass is 254 g/mol. The van der Waals surface area contributed by atoms with E-state index in [1.54, 1.807) is 0 Å². The van der Waals surface area contributed by atoms with Crippen molar-refractivity contribution in [3.05, 3.63) is 17.8 Å². The summed E-state index contributed by atoms with van der Waals surface area (Å²) >= 11 is 0. The van der Waals surface area contributed by atoms with Crippen molar-refractivity contribution in [2.75, 3.05) is 18.0 Å². The number of carboxylic acids is 2. The first-order chi connectivity index (χ1) is 8.40. The molecule has 18 heavy (non-hydrogen) atoms. The van der Waals surface area contributed by atoms with Gasteiger partial charge in [0.15, 0.2) is 11.5 Å². The third-order valence-electron chi connectivity index (χ3n) is 1.88. The second kappa shape index (κ2) is 5.57. The zero-order valence-electron chi connectivity index (χ0n) is 9.11. The van der Waals surface area contributed by atoms with Crippen molar-refractivity contribution in [1.82, 2.24) is 10.2 Å². The minimum Gasteiger partial charge on any atom is -0.480 e. The minimum absolute atomic E-state index is 0.0322. The van der Waals surface area contributed by atoms with Crippen LogP contribution in [0.1, 0.15) is 10.5 Å². The van der Waals surface area contributed by atoms with Gasteiger partial charge >= 0.3 is 11.9 Å². The highest BCUT2D eigenvalue weighted by Crippen LogP contribution is 2.08. The van der Waals surface area contributed by atoms with Crippen LogP contribution in [0.5, 0.6) is 0 Å². The van der Waals surface area contributed by atoms with E-state index in [1.807, 2.05) is 0 Å². The van der Waals surface area contributed by atoms with Gasteiger partial charge in [-0.2, -0.15) is 0 Å². The van der Waals surface area contributed by atoms with Crippen LogP contribution in [0.25, 0.3) is 0 Å². The maximum absolute atomic E-state index is 10.8. The maximum Gasteiger partial charge on any atom is 0.323 e. The molecule has 0 aliphatic carbocycles. The number of carbonyl (C=O) groups is 3. The van der Waals surface area contributed by atoms with Crippen LogP contribution in [-0.4, -0.2) is 51.3 Å². The molecule has 4 N–H and O–H groups in total. The van der Waals surface area contributed by atoms with E-state index in [2.05, 4.69) is 10.2 Å². The SMILES string of the molecule is NC(=O)c1ccc(N(CC(=O)O)CC(=O)O)nn1. The molecule has 1 aromatic heterocycles. The number of hydrogen-bond donors (Lipinski definition) is 3. The summed E-state index contributed by atoms with van der Waals surface area (Å²) in [7, 11) is 0. The second-order valence-corrected chi connectivity index (χ2v) is 3.28. The van der Waals surface area contributed by atoms with E-state index >= 15 is 0 Å². The van der Waals surface area contributed by atoms with Gasteiger partial charge in [-0.15, -0.1) is 10.2 Å². The van der Waals surface area contributed by atoms with Crippen molar-refractivity contribution in [1.29, 1.82) is 0 Å². The van der Waals surface area contributed by atoms with Gasteiger partial charge in [0.05, 0.1) is 0 Å². The maximum atomic E-state index is 10.8. The largest absolute Gasteiger partial charge is 0.480 e. The predicted octanol–water partition coefficient (Wildman–Crippen LogP) is -1.45. The van der Waals surface area contributed by atoms with E-state index in [-0.39, 0.29) is 11.5 Å². The number of amides is 1. The number of anilines is 1. The van der Waals surface area contributed by atoms with Gasteiger partial charge in [0.25, 0.3) is 5.91 Å². The molecule has 0 radical (unpaired) electrons. The molecule has 96 valence electrons. The molecule has 0 aliphatic rings. The van der Waals surface area contributed by atoms with Crippen molar-refractivity contribution in [2.45, 2.75) is 0 Å². The van der Waals surface area contributed by atoms with Gasteiger partial charge in [0, 0.05) is 0 Å². The van der Waals surface area contributed by atoms with Gasteiger partial charge in [-0.3, -0.25) is 14.4 Å². The van der Waals surface area contributed by atoms with Crippen molar-refractivity contribution < 1.29 is 24.6 Å². The molecule has 0 aliphatic heterocycles. The highest BCUT2D eigenvalue weighted by atomic mass is 16.4. The average molecular weight is 254 g/mol. The van der Waals surface area contributed by atoms with Gasteiger partial charge in [-0.25, -0.2) is 0 Å². The van der Waals surface area contributed by atoms with Crippen LogP contribution in [0.2, 0.25) is 0 Å². The third-order valence-corrected chi connectivity index (χ3v) is 1.88. The number of primary amides is 1. The summed E-state index contributed by atoms with van der Waals surface area (Å²) in [6.07, 6.45) is 0. The topological polar surface area (TPSA) is 147 Å². The number of nitrogens with two attached hydrogens (primary N) is 1. The quantitative estimate of drug-likeness (QED) is 0.558.